The maximum absolute atomic E-state index is 11.4. The molecular formula is C10H20N4O3. The molecule has 0 spiro atoms. The van der Waals surface area contributed by atoms with Gasteiger partial charge in [0.1, 0.15) is 0 Å². The average molecular weight is 244 g/mol. The van der Waals surface area contributed by atoms with Crippen molar-refractivity contribution in [2.45, 2.75) is 26.3 Å². The van der Waals surface area contributed by atoms with Crippen molar-refractivity contribution in [1.29, 1.82) is 0 Å². The van der Waals surface area contributed by atoms with E-state index < -0.39 is 18.0 Å². The van der Waals surface area contributed by atoms with Gasteiger partial charge in [0.15, 0.2) is 0 Å². The molecule has 7 nitrogen and oxygen atoms in total. The maximum atomic E-state index is 11.4. The topological polar surface area (TPSA) is 99.3 Å². The highest BCUT2D eigenvalue weighted by molar-refractivity contribution is 5.96. The average Bonchev–Trinajstić information content (AvgIpc) is 2.28. The van der Waals surface area contributed by atoms with Crippen LogP contribution in [0.5, 0.6) is 0 Å². The quantitative estimate of drug-likeness (QED) is 0.479. The van der Waals surface area contributed by atoms with Gasteiger partial charge in [0.2, 0.25) is 11.8 Å². The number of imide groups is 1. The molecule has 1 atom stereocenters. The summed E-state index contributed by atoms with van der Waals surface area (Å²) in [6.45, 7) is 4.22. The second-order valence-corrected chi connectivity index (χ2v) is 3.45. The second-order valence-electron chi connectivity index (χ2n) is 3.45. The molecule has 4 N–H and O–H groups in total. The first kappa shape index (κ1) is 15.4. The molecule has 0 aromatic heterocycles. The fourth-order valence-corrected chi connectivity index (χ4v) is 1.04. The molecular weight excluding hydrogens is 224 g/mol. The van der Waals surface area contributed by atoms with E-state index in [2.05, 4.69) is 21.3 Å². The Balaban J connectivity index is 3.82. The first-order valence-electron chi connectivity index (χ1n) is 5.53. The maximum Gasteiger partial charge on any atom is 0.321 e. The number of carbonyl (C=O) groups excluding carboxylic acids is 3. The van der Waals surface area contributed by atoms with Gasteiger partial charge in [-0.05, 0) is 13.8 Å². The van der Waals surface area contributed by atoms with Crippen molar-refractivity contribution in [3.63, 3.8) is 0 Å². The molecule has 0 rings (SSSR count). The summed E-state index contributed by atoms with van der Waals surface area (Å²) in [6, 6.07) is -1.04. The smallest absolute Gasteiger partial charge is 0.321 e. The molecule has 0 aromatic carbocycles. The molecule has 7 heteroatoms. The van der Waals surface area contributed by atoms with Gasteiger partial charge in [0.25, 0.3) is 0 Å². The standard InChI is InChI=1S/C10H20N4O3/c1-4-12-10(17)14-9(16)7(2)13-6-5-8(15)11-3/h7,13H,4-6H2,1-3H3,(H,11,15)(H2,12,14,16,17). The lowest BCUT2D eigenvalue weighted by atomic mass is 10.3. The third-order valence-electron chi connectivity index (χ3n) is 2.05. The molecule has 0 aromatic rings. The van der Waals surface area contributed by atoms with Gasteiger partial charge in [0.05, 0.1) is 6.04 Å². The molecule has 0 aliphatic heterocycles. The Hall–Kier alpha value is -1.63. The SMILES string of the molecule is CCNC(=O)NC(=O)C(C)NCCC(=O)NC. The molecule has 0 aliphatic rings. The monoisotopic (exact) mass is 244 g/mol. The highest BCUT2D eigenvalue weighted by Gasteiger charge is 2.14. The first-order valence-corrected chi connectivity index (χ1v) is 5.53. The van der Waals surface area contributed by atoms with Gasteiger partial charge in [-0.2, -0.15) is 0 Å². The largest absolute Gasteiger partial charge is 0.359 e. The van der Waals surface area contributed by atoms with Crippen molar-refractivity contribution in [3.05, 3.63) is 0 Å². The van der Waals surface area contributed by atoms with Crippen LogP contribution >= 0.6 is 0 Å². The first-order chi connectivity index (χ1) is 8.01. The number of hydrogen-bond donors (Lipinski definition) is 4. The van der Waals surface area contributed by atoms with E-state index in [-0.39, 0.29) is 12.3 Å². The van der Waals surface area contributed by atoms with Crippen LogP contribution in [0.25, 0.3) is 0 Å². The lowest BCUT2D eigenvalue weighted by molar-refractivity contribution is -0.123. The summed E-state index contributed by atoms with van der Waals surface area (Å²) in [5.74, 6) is -0.526. The summed E-state index contributed by atoms with van der Waals surface area (Å²) < 4.78 is 0. The second kappa shape index (κ2) is 8.51. The minimum Gasteiger partial charge on any atom is -0.359 e. The summed E-state index contributed by atoms with van der Waals surface area (Å²) in [5, 5.41) is 9.95. The van der Waals surface area contributed by atoms with E-state index in [1.807, 2.05) is 0 Å². The van der Waals surface area contributed by atoms with E-state index in [1.54, 1.807) is 20.9 Å². The summed E-state index contributed by atoms with van der Waals surface area (Å²) in [6.07, 6.45) is 0.287. The Kier molecular flexibility index (Phi) is 7.70. The van der Waals surface area contributed by atoms with E-state index in [0.717, 1.165) is 0 Å². The fourth-order valence-electron chi connectivity index (χ4n) is 1.04. The molecule has 98 valence electrons. The molecule has 0 bridgehead atoms. The lowest BCUT2D eigenvalue weighted by Gasteiger charge is -2.13. The number of nitrogens with one attached hydrogen (secondary N) is 4. The molecule has 0 heterocycles. The Bertz CT molecular complexity index is 281. The van der Waals surface area contributed by atoms with Crippen molar-refractivity contribution in [2.24, 2.45) is 0 Å². The van der Waals surface area contributed by atoms with Crippen LogP contribution in [0.2, 0.25) is 0 Å². The van der Waals surface area contributed by atoms with Gasteiger partial charge in [-0.1, -0.05) is 0 Å². The predicted molar refractivity (Wildman–Crippen MR) is 63.4 cm³/mol. The third kappa shape index (κ3) is 7.29. The van der Waals surface area contributed by atoms with Crippen LogP contribution in [0.15, 0.2) is 0 Å². The van der Waals surface area contributed by atoms with Crippen LogP contribution in [-0.2, 0) is 9.59 Å². The van der Waals surface area contributed by atoms with E-state index in [4.69, 9.17) is 0 Å². The van der Waals surface area contributed by atoms with Crippen LogP contribution in [-0.4, -0.2) is 44.0 Å². The van der Waals surface area contributed by atoms with Gasteiger partial charge >= 0.3 is 6.03 Å². The van der Waals surface area contributed by atoms with Crippen LogP contribution in [0.4, 0.5) is 4.79 Å². The zero-order chi connectivity index (χ0) is 13.3. The molecule has 1 unspecified atom stereocenters. The molecule has 0 saturated carbocycles. The van der Waals surface area contributed by atoms with Crippen molar-refractivity contribution < 1.29 is 14.4 Å². The van der Waals surface area contributed by atoms with Gasteiger partial charge in [-0.15, -0.1) is 0 Å². The lowest BCUT2D eigenvalue weighted by Crippen LogP contribution is -2.48. The predicted octanol–water partition coefficient (Wildman–Crippen LogP) is -1.05. The minimum absolute atomic E-state index is 0.103. The van der Waals surface area contributed by atoms with Gasteiger partial charge < -0.3 is 16.0 Å². The number of hydrogen-bond acceptors (Lipinski definition) is 4. The number of urea groups is 1. The summed E-state index contributed by atoms with van der Waals surface area (Å²) in [4.78, 5) is 33.4. The molecule has 0 aliphatic carbocycles. The molecule has 0 saturated heterocycles. The fraction of sp³-hybridized carbons (Fsp3) is 0.700. The van der Waals surface area contributed by atoms with Crippen molar-refractivity contribution in [3.8, 4) is 0 Å². The van der Waals surface area contributed by atoms with Gasteiger partial charge in [-0.25, -0.2) is 4.79 Å². The zero-order valence-electron chi connectivity index (χ0n) is 10.4. The van der Waals surface area contributed by atoms with E-state index in [1.165, 1.54) is 0 Å². The van der Waals surface area contributed by atoms with Crippen LogP contribution in [0.3, 0.4) is 0 Å². The third-order valence-corrected chi connectivity index (χ3v) is 2.05. The Morgan fingerprint density at radius 3 is 2.41 bits per heavy atom. The zero-order valence-corrected chi connectivity index (χ0v) is 10.4. The van der Waals surface area contributed by atoms with Crippen LogP contribution in [0.1, 0.15) is 20.3 Å². The number of amides is 4. The van der Waals surface area contributed by atoms with Crippen molar-refractivity contribution in [1.82, 2.24) is 21.3 Å². The molecule has 17 heavy (non-hydrogen) atoms. The number of rotatable bonds is 6. The van der Waals surface area contributed by atoms with Gasteiger partial charge in [0, 0.05) is 26.6 Å². The van der Waals surface area contributed by atoms with Crippen LogP contribution in [0, 0.1) is 0 Å². The molecule has 0 fully saturated rings. The summed E-state index contributed by atoms with van der Waals surface area (Å²) in [5.41, 5.74) is 0. The van der Waals surface area contributed by atoms with Crippen molar-refractivity contribution in [2.75, 3.05) is 20.1 Å². The highest BCUT2D eigenvalue weighted by atomic mass is 16.2. The summed E-state index contributed by atoms with van der Waals surface area (Å²) >= 11 is 0. The Morgan fingerprint density at radius 2 is 1.88 bits per heavy atom. The molecule has 0 radical (unpaired) electrons. The number of carbonyl (C=O) groups is 3. The Labute approximate surface area is 101 Å². The Morgan fingerprint density at radius 1 is 1.24 bits per heavy atom. The van der Waals surface area contributed by atoms with Crippen molar-refractivity contribution >= 4 is 17.8 Å². The van der Waals surface area contributed by atoms with E-state index >= 15 is 0 Å². The van der Waals surface area contributed by atoms with E-state index in [0.29, 0.717) is 13.1 Å². The van der Waals surface area contributed by atoms with Gasteiger partial charge in [-0.3, -0.25) is 14.9 Å². The minimum atomic E-state index is -0.526. The van der Waals surface area contributed by atoms with Crippen LogP contribution < -0.4 is 21.3 Å². The highest BCUT2D eigenvalue weighted by Crippen LogP contribution is 1.84. The molecule has 4 amide bonds. The normalized spacial score (nSPS) is 11.5. The van der Waals surface area contributed by atoms with E-state index in [9.17, 15) is 14.4 Å². The summed E-state index contributed by atoms with van der Waals surface area (Å²) in [7, 11) is 1.55.